The highest BCUT2D eigenvalue weighted by atomic mass is 16.4. The molecule has 88 valence electrons. The lowest BCUT2D eigenvalue weighted by Gasteiger charge is -2.22. The van der Waals surface area contributed by atoms with Gasteiger partial charge in [-0.25, -0.2) is 9.48 Å². The number of aromatic nitrogens is 3. The fourth-order valence-electron chi connectivity index (χ4n) is 2.49. The van der Waals surface area contributed by atoms with Crippen LogP contribution in [-0.4, -0.2) is 26.1 Å². The van der Waals surface area contributed by atoms with Crippen LogP contribution in [0.4, 0.5) is 0 Å². The van der Waals surface area contributed by atoms with Crippen molar-refractivity contribution in [3.8, 4) is 0 Å². The Morgan fingerprint density at radius 3 is 2.69 bits per heavy atom. The summed E-state index contributed by atoms with van der Waals surface area (Å²) in [6, 6.07) is 0. The molecule has 1 aliphatic rings. The second kappa shape index (κ2) is 4.63. The standard InChI is InChI=1S/C11H17N3O2/c1-2-14-10(8-6-4-3-5-7-8)9(11(15)16)12-13-14/h8H,2-7H2,1H3,(H,15,16). The quantitative estimate of drug-likeness (QED) is 0.851. The smallest absolute Gasteiger partial charge is 0.358 e. The molecule has 0 aromatic carbocycles. The predicted molar refractivity (Wildman–Crippen MR) is 58.5 cm³/mol. The van der Waals surface area contributed by atoms with Crippen molar-refractivity contribution >= 4 is 5.97 Å². The lowest BCUT2D eigenvalue weighted by molar-refractivity contribution is 0.0688. The van der Waals surface area contributed by atoms with Gasteiger partial charge in [0.05, 0.1) is 5.69 Å². The topological polar surface area (TPSA) is 68.0 Å². The molecule has 0 saturated heterocycles. The Bertz CT molecular complexity index is 381. The maximum Gasteiger partial charge on any atom is 0.358 e. The summed E-state index contributed by atoms with van der Waals surface area (Å²) in [4.78, 5) is 11.1. The van der Waals surface area contributed by atoms with Gasteiger partial charge in [-0.2, -0.15) is 0 Å². The Balaban J connectivity index is 2.34. The SMILES string of the molecule is CCn1nnc(C(=O)O)c1C1CCCCC1. The monoisotopic (exact) mass is 223 g/mol. The summed E-state index contributed by atoms with van der Waals surface area (Å²) in [7, 11) is 0. The molecule has 0 aliphatic heterocycles. The lowest BCUT2D eigenvalue weighted by atomic mass is 9.86. The minimum absolute atomic E-state index is 0.147. The molecule has 5 heteroatoms. The van der Waals surface area contributed by atoms with E-state index in [0.717, 1.165) is 18.5 Å². The second-order valence-corrected chi connectivity index (χ2v) is 4.28. The van der Waals surface area contributed by atoms with Crippen LogP contribution in [-0.2, 0) is 6.54 Å². The number of carbonyl (C=O) groups is 1. The van der Waals surface area contributed by atoms with Crippen molar-refractivity contribution in [1.29, 1.82) is 0 Å². The molecule has 0 atom stereocenters. The molecule has 0 radical (unpaired) electrons. The molecule has 0 spiro atoms. The number of hydrogen-bond donors (Lipinski definition) is 1. The van der Waals surface area contributed by atoms with Crippen molar-refractivity contribution in [3.63, 3.8) is 0 Å². The van der Waals surface area contributed by atoms with E-state index in [2.05, 4.69) is 10.3 Å². The number of aromatic carboxylic acids is 1. The van der Waals surface area contributed by atoms with E-state index in [0.29, 0.717) is 12.5 Å². The van der Waals surface area contributed by atoms with E-state index in [1.54, 1.807) is 4.68 Å². The molecular weight excluding hydrogens is 206 g/mol. The summed E-state index contributed by atoms with van der Waals surface area (Å²) in [5, 5.41) is 16.8. The minimum Gasteiger partial charge on any atom is -0.476 e. The van der Waals surface area contributed by atoms with E-state index in [-0.39, 0.29) is 5.69 Å². The van der Waals surface area contributed by atoms with Gasteiger partial charge >= 0.3 is 5.97 Å². The van der Waals surface area contributed by atoms with Crippen molar-refractivity contribution in [3.05, 3.63) is 11.4 Å². The highest BCUT2D eigenvalue weighted by Crippen LogP contribution is 2.33. The van der Waals surface area contributed by atoms with Gasteiger partial charge in [-0.15, -0.1) is 5.10 Å². The minimum atomic E-state index is -0.958. The van der Waals surface area contributed by atoms with Gasteiger partial charge < -0.3 is 5.11 Å². The average Bonchev–Trinajstić information content (AvgIpc) is 2.73. The molecule has 1 aromatic heterocycles. The zero-order valence-electron chi connectivity index (χ0n) is 9.52. The first-order valence-electron chi connectivity index (χ1n) is 5.90. The molecule has 1 heterocycles. The highest BCUT2D eigenvalue weighted by molar-refractivity contribution is 5.86. The van der Waals surface area contributed by atoms with Gasteiger partial charge in [0.1, 0.15) is 0 Å². The first-order chi connectivity index (χ1) is 7.74. The summed E-state index contributed by atoms with van der Waals surface area (Å²) >= 11 is 0. The molecule has 0 unspecified atom stereocenters. The van der Waals surface area contributed by atoms with Crippen molar-refractivity contribution in [2.45, 2.75) is 51.5 Å². The van der Waals surface area contributed by atoms with Gasteiger partial charge in [0.25, 0.3) is 0 Å². The van der Waals surface area contributed by atoms with Gasteiger partial charge in [0, 0.05) is 12.5 Å². The van der Waals surface area contributed by atoms with E-state index in [1.165, 1.54) is 19.3 Å². The van der Waals surface area contributed by atoms with Gasteiger partial charge in [-0.3, -0.25) is 0 Å². The van der Waals surface area contributed by atoms with Crippen molar-refractivity contribution in [1.82, 2.24) is 15.0 Å². The Kier molecular flexibility index (Phi) is 3.22. The summed E-state index contributed by atoms with van der Waals surface area (Å²) in [6.45, 7) is 2.65. The first kappa shape index (κ1) is 11.1. The van der Waals surface area contributed by atoms with E-state index < -0.39 is 5.97 Å². The van der Waals surface area contributed by atoms with Crippen molar-refractivity contribution < 1.29 is 9.90 Å². The summed E-state index contributed by atoms with van der Waals surface area (Å²) in [6.07, 6.45) is 5.74. The Morgan fingerprint density at radius 2 is 2.12 bits per heavy atom. The molecule has 16 heavy (non-hydrogen) atoms. The number of carboxylic acid groups (broad SMARTS) is 1. The summed E-state index contributed by atoms with van der Waals surface area (Å²) < 4.78 is 1.74. The highest BCUT2D eigenvalue weighted by Gasteiger charge is 2.27. The molecule has 1 aromatic rings. The molecule has 2 rings (SSSR count). The fourth-order valence-corrected chi connectivity index (χ4v) is 2.49. The van der Waals surface area contributed by atoms with Gasteiger partial charge in [0.15, 0.2) is 5.69 Å². The third-order valence-electron chi connectivity index (χ3n) is 3.27. The van der Waals surface area contributed by atoms with Gasteiger partial charge in [-0.05, 0) is 19.8 Å². The van der Waals surface area contributed by atoms with E-state index in [1.807, 2.05) is 6.92 Å². The number of nitrogens with zero attached hydrogens (tertiary/aromatic N) is 3. The summed E-state index contributed by atoms with van der Waals surface area (Å²) in [5.41, 5.74) is 0.975. The third-order valence-corrected chi connectivity index (χ3v) is 3.27. The maximum atomic E-state index is 11.1. The van der Waals surface area contributed by atoms with E-state index >= 15 is 0 Å². The molecule has 1 fully saturated rings. The van der Waals surface area contributed by atoms with E-state index in [9.17, 15) is 4.79 Å². The Morgan fingerprint density at radius 1 is 1.44 bits per heavy atom. The molecule has 1 saturated carbocycles. The van der Waals surface area contributed by atoms with Crippen molar-refractivity contribution in [2.75, 3.05) is 0 Å². The van der Waals surface area contributed by atoms with E-state index in [4.69, 9.17) is 5.11 Å². The number of aryl methyl sites for hydroxylation is 1. The van der Waals surface area contributed by atoms with Crippen LogP contribution in [0.2, 0.25) is 0 Å². The largest absolute Gasteiger partial charge is 0.476 e. The van der Waals surface area contributed by atoms with Crippen LogP contribution in [0.25, 0.3) is 0 Å². The van der Waals surface area contributed by atoms with Gasteiger partial charge in [0.2, 0.25) is 0 Å². The average molecular weight is 223 g/mol. The van der Waals surface area contributed by atoms with Crippen LogP contribution in [0.15, 0.2) is 0 Å². The molecule has 0 bridgehead atoms. The molecule has 1 N–H and O–H groups in total. The summed E-state index contributed by atoms with van der Waals surface area (Å²) in [5.74, 6) is -0.630. The Labute approximate surface area is 94.5 Å². The first-order valence-corrected chi connectivity index (χ1v) is 5.90. The van der Waals surface area contributed by atoms with Crippen LogP contribution < -0.4 is 0 Å². The molecular formula is C11H17N3O2. The lowest BCUT2D eigenvalue weighted by Crippen LogP contribution is -2.15. The van der Waals surface area contributed by atoms with Crippen LogP contribution in [0.5, 0.6) is 0 Å². The number of hydrogen-bond acceptors (Lipinski definition) is 3. The number of carboxylic acids is 1. The molecule has 1 aliphatic carbocycles. The zero-order valence-corrected chi connectivity index (χ0v) is 9.52. The predicted octanol–water partition coefficient (Wildman–Crippen LogP) is 2.04. The van der Waals surface area contributed by atoms with Gasteiger partial charge in [-0.1, -0.05) is 24.5 Å². The zero-order chi connectivity index (χ0) is 11.5. The maximum absolute atomic E-state index is 11.1. The van der Waals surface area contributed by atoms with Crippen LogP contribution in [0.1, 0.15) is 61.1 Å². The second-order valence-electron chi connectivity index (χ2n) is 4.28. The van der Waals surface area contributed by atoms with Crippen LogP contribution >= 0.6 is 0 Å². The van der Waals surface area contributed by atoms with Crippen molar-refractivity contribution in [2.24, 2.45) is 0 Å². The third kappa shape index (κ3) is 1.94. The van der Waals surface area contributed by atoms with Crippen LogP contribution in [0.3, 0.4) is 0 Å². The van der Waals surface area contributed by atoms with Crippen LogP contribution in [0, 0.1) is 0 Å². The molecule has 0 amide bonds. The normalized spacial score (nSPS) is 17.6. The fraction of sp³-hybridized carbons (Fsp3) is 0.727. The number of rotatable bonds is 3. The molecule has 5 nitrogen and oxygen atoms in total. The Hall–Kier alpha value is -1.39.